The number of benzene rings is 3. The van der Waals surface area contributed by atoms with Crippen LogP contribution in [0.25, 0.3) is 5.69 Å². The number of ether oxygens (including phenoxy) is 3. The molecule has 2 aromatic heterocycles. The number of carboxylic acids is 1. The van der Waals surface area contributed by atoms with Crippen molar-refractivity contribution in [3.8, 4) is 22.9 Å². The lowest BCUT2D eigenvalue weighted by Crippen LogP contribution is -2.16. The van der Waals surface area contributed by atoms with E-state index in [1.54, 1.807) is 42.5 Å². The van der Waals surface area contributed by atoms with Gasteiger partial charge in [-0.3, -0.25) is 4.79 Å². The standard InChI is InChI=1S/C35H32BrN3O7/c1-4-43-32-18-25(17-30(36)33(32)45-20-24-6-5-7-26(16-24)35(41)42)19-37-38-34(40)31-15-14-29(46-31)21-44-28-12-10-27(11-13-28)39-22(2)8-9-23(39)3/h5-19H,4,20-21H2,1-3H3,(H,38,40)(H,41,42)/b37-19+. The van der Waals surface area contributed by atoms with E-state index in [9.17, 15) is 14.7 Å². The van der Waals surface area contributed by atoms with Crippen LogP contribution in [-0.2, 0) is 13.2 Å². The summed E-state index contributed by atoms with van der Waals surface area (Å²) in [6.45, 7) is 6.66. The van der Waals surface area contributed by atoms with Gasteiger partial charge in [0.1, 0.15) is 24.7 Å². The van der Waals surface area contributed by atoms with Crippen LogP contribution in [0.3, 0.4) is 0 Å². The molecule has 3 aromatic carbocycles. The molecule has 2 heterocycles. The van der Waals surface area contributed by atoms with Crippen molar-refractivity contribution in [1.82, 2.24) is 9.99 Å². The van der Waals surface area contributed by atoms with E-state index in [1.807, 2.05) is 31.2 Å². The number of hydrazone groups is 1. The summed E-state index contributed by atoms with van der Waals surface area (Å²) in [4.78, 5) is 23.9. The van der Waals surface area contributed by atoms with E-state index in [1.165, 1.54) is 12.3 Å². The number of rotatable bonds is 13. The summed E-state index contributed by atoms with van der Waals surface area (Å²) < 4.78 is 26.0. The first kappa shape index (κ1) is 32.1. The molecule has 5 rings (SSSR count). The number of nitrogens with one attached hydrogen (secondary N) is 1. The van der Waals surface area contributed by atoms with Crippen molar-refractivity contribution in [2.45, 2.75) is 34.0 Å². The zero-order valence-corrected chi connectivity index (χ0v) is 27.0. The Morgan fingerprint density at radius 1 is 0.935 bits per heavy atom. The van der Waals surface area contributed by atoms with Crippen LogP contribution in [0.1, 0.15) is 56.1 Å². The Bertz CT molecular complexity index is 1860. The molecule has 0 unspecified atom stereocenters. The second-order valence-corrected chi connectivity index (χ2v) is 11.1. The maximum absolute atomic E-state index is 12.7. The lowest BCUT2D eigenvalue weighted by Gasteiger charge is -2.15. The van der Waals surface area contributed by atoms with Crippen LogP contribution in [0.2, 0.25) is 0 Å². The molecule has 0 bridgehead atoms. The predicted molar refractivity (Wildman–Crippen MR) is 176 cm³/mol. The fourth-order valence-corrected chi connectivity index (χ4v) is 5.31. The first-order valence-corrected chi connectivity index (χ1v) is 15.2. The molecule has 0 aliphatic heterocycles. The van der Waals surface area contributed by atoms with Crippen molar-refractivity contribution in [2.24, 2.45) is 5.10 Å². The molecular weight excluding hydrogens is 654 g/mol. The summed E-state index contributed by atoms with van der Waals surface area (Å²) in [6, 6.07) is 25.2. The topological polar surface area (TPSA) is 125 Å². The molecule has 236 valence electrons. The van der Waals surface area contributed by atoms with E-state index in [0.717, 1.165) is 17.1 Å². The summed E-state index contributed by atoms with van der Waals surface area (Å²) in [5.74, 6) is 0.653. The molecule has 0 aliphatic rings. The molecule has 0 fully saturated rings. The minimum Gasteiger partial charge on any atom is -0.490 e. The number of aromatic carboxylic acids is 1. The Morgan fingerprint density at radius 2 is 1.70 bits per heavy atom. The lowest BCUT2D eigenvalue weighted by atomic mass is 10.1. The number of amides is 1. The molecule has 0 atom stereocenters. The van der Waals surface area contributed by atoms with Gasteiger partial charge in [-0.25, -0.2) is 10.2 Å². The second kappa shape index (κ2) is 14.7. The summed E-state index contributed by atoms with van der Waals surface area (Å²) in [6.07, 6.45) is 1.47. The van der Waals surface area contributed by atoms with Crippen molar-refractivity contribution >= 4 is 34.0 Å². The number of aryl methyl sites for hydroxylation is 2. The zero-order chi connectivity index (χ0) is 32.6. The predicted octanol–water partition coefficient (Wildman–Crippen LogP) is 7.47. The van der Waals surface area contributed by atoms with Crippen molar-refractivity contribution < 1.29 is 33.3 Å². The normalized spacial score (nSPS) is 11.0. The molecule has 10 nitrogen and oxygen atoms in total. The van der Waals surface area contributed by atoms with Crippen LogP contribution in [0.15, 0.2) is 98.9 Å². The van der Waals surface area contributed by atoms with Gasteiger partial charge in [-0.05, 0) is 121 Å². The van der Waals surface area contributed by atoms with Crippen molar-refractivity contribution in [1.29, 1.82) is 0 Å². The lowest BCUT2D eigenvalue weighted by molar-refractivity contribution is 0.0696. The zero-order valence-electron chi connectivity index (χ0n) is 25.5. The van der Waals surface area contributed by atoms with Gasteiger partial charge >= 0.3 is 11.9 Å². The molecular formula is C35H32BrN3O7. The number of nitrogens with zero attached hydrogens (tertiary/aromatic N) is 2. The maximum Gasteiger partial charge on any atom is 0.335 e. The van der Waals surface area contributed by atoms with E-state index >= 15 is 0 Å². The van der Waals surface area contributed by atoms with Gasteiger partial charge in [0.15, 0.2) is 17.3 Å². The average Bonchev–Trinajstić information content (AvgIpc) is 3.66. The minimum absolute atomic E-state index is 0.0940. The molecule has 2 N–H and O–H groups in total. The third kappa shape index (κ3) is 7.86. The van der Waals surface area contributed by atoms with Crippen LogP contribution < -0.4 is 19.6 Å². The fraction of sp³-hybridized carbons (Fsp3) is 0.171. The number of carbonyl (C=O) groups is 2. The summed E-state index contributed by atoms with van der Waals surface area (Å²) >= 11 is 3.51. The maximum atomic E-state index is 12.7. The van der Waals surface area contributed by atoms with E-state index < -0.39 is 11.9 Å². The highest BCUT2D eigenvalue weighted by molar-refractivity contribution is 9.10. The van der Waals surface area contributed by atoms with Crippen LogP contribution in [0, 0.1) is 13.8 Å². The van der Waals surface area contributed by atoms with Gasteiger partial charge in [0.25, 0.3) is 0 Å². The number of carboxylic acid groups (broad SMARTS) is 1. The Hall–Kier alpha value is -5.29. The summed E-state index contributed by atoms with van der Waals surface area (Å²) in [7, 11) is 0. The van der Waals surface area contributed by atoms with Crippen LogP contribution in [-0.4, -0.2) is 34.4 Å². The van der Waals surface area contributed by atoms with E-state index in [0.29, 0.717) is 45.2 Å². The smallest absolute Gasteiger partial charge is 0.335 e. The summed E-state index contributed by atoms with van der Waals surface area (Å²) in [5.41, 5.74) is 7.34. The second-order valence-electron chi connectivity index (χ2n) is 10.3. The number of hydrogen-bond acceptors (Lipinski definition) is 7. The molecule has 0 saturated carbocycles. The largest absolute Gasteiger partial charge is 0.490 e. The van der Waals surface area contributed by atoms with Gasteiger partial charge in [0.05, 0.1) is 22.9 Å². The molecule has 0 aliphatic carbocycles. The van der Waals surface area contributed by atoms with Crippen molar-refractivity contribution in [2.75, 3.05) is 6.61 Å². The molecule has 5 aromatic rings. The van der Waals surface area contributed by atoms with E-state index in [4.69, 9.17) is 18.6 Å². The van der Waals surface area contributed by atoms with Gasteiger partial charge in [-0.1, -0.05) is 12.1 Å². The number of halogens is 1. The SMILES string of the molecule is CCOc1cc(/C=N/NC(=O)c2ccc(COc3ccc(-n4c(C)ccc4C)cc3)o2)cc(Br)c1OCc1cccc(C(=O)O)c1. The number of hydrogen-bond donors (Lipinski definition) is 2. The van der Waals surface area contributed by atoms with Crippen LogP contribution >= 0.6 is 15.9 Å². The van der Waals surface area contributed by atoms with Crippen molar-refractivity contribution in [3.63, 3.8) is 0 Å². The van der Waals surface area contributed by atoms with Gasteiger partial charge in [-0.15, -0.1) is 0 Å². The number of furan rings is 1. The highest BCUT2D eigenvalue weighted by Crippen LogP contribution is 2.37. The minimum atomic E-state index is -1.01. The Labute approximate surface area is 274 Å². The molecule has 0 spiro atoms. The highest BCUT2D eigenvalue weighted by Gasteiger charge is 2.14. The van der Waals surface area contributed by atoms with Crippen LogP contribution in [0.4, 0.5) is 0 Å². The first-order valence-electron chi connectivity index (χ1n) is 14.4. The average molecular weight is 687 g/mol. The monoisotopic (exact) mass is 685 g/mol. The van der Waals surface area contributed by atoms with E-state index in [2.05, 4.69) is 57.0 Å². The first-order chi connectivity index (χ1) is 22.2. The quantitative estimate of drug-likeness (QED) is 0.0973. The number of aromatic nitrogens is 1. The molecule has 1 amide bonds. The third-order valence-corrected chi connectivity index (χ3v) is 7.49. The number of carbonyl (C=O) groups excluding carboxylic acids is 1. The van der Waals surface area contributed by atoms with E-state index in [-0.39, 0.29) is 24.5 Å². The fourth-order valence-electron chi connectivity index (χ4n) is 4.73. The Morgan fingerprint density at radius 3 is 2.41 bits per heavy atom. The third-order valence-electron chi connectivity index (χ3n) is 6.90. The molecule has 0 saturated heterocycles. The molecule has 11 heteroatoms. The van der Waals surface area contributed by atoms with Gasteiger partial charge in [0, 0.05) is 17.1 Å². The van der Waals surface area contributed by atoms with Crippen molar-refractivity contribution in [3.05, 3.63) is 129 Å². The Balaban J connectivity index is 1.16. The van der Waals surface area contributed by atoms with Gasteiger partial charge < -0.3 is 28.3 Å². The van der Waals surface area contributed by atoms with Gasteiger partial charge in [0.2, 0.25) is 0 Å². The molecule has 46 heavy (non-hydrogen) atoms. The summed E-state index contributed by atoms with van der Waals surface area (Å²) in [5, 5.41) is 13.3. The van der Waals surface area contributed by atoms with Crippen LogP contribution in [0.5, 0.6) is 17.2 Å². The molecule has 0 radical (unpaired) electrons. The highest BCUT2D eigenvalue weighted by atomic mass is 79.9. The Kier molecular flexibility index (Phi) is 10.2. The van der Waals surface area contributed by atoms with Gasteiger partial charge in [-0.2, -0.15) is 5.10 Å².